The van der Waals surface area contributed by atoms with Crippen LogP contribution in [0.5, 0.6) is 0 Å². The number of hydrogen-bond acceptors (Lipinski definition) is 5. The van der Waals surface area contributed by atoms with E-state index >= 15 is 0 Å². The summed E-state index contributed by atoms with van der Waals surface area (Å²) in [5.41, 5.74) is 9.69. The summed E-state index contributed by atoms with van der Waals surface area (Å²) in [6, 6.07) is 13.5. The Bertz CT molecular complexity index is 923. The van der Waals surface area contributed by atoms with Gasteiger partial charge in [-0.2, -0.15) is 0 Å². The molecule has 1 aromatic carbocycles. The van der Waals surface area contributed by atoms with Crippen LogP contribution in [0.25, 0.3) is 11.4 Å². The predicted molar refractivity (Wildman–Crippen MR) is 97.3 cm³/mol. The summed E-state index contributed by atoms with van der Waals surface area (Å²) in [6.07, 6.45) is 2.27. The number of nitrogens with zero attached hydrogens (tertiary/aromatic N) is 2. The van der Waals surface area contributed by atoms with E-state index in [1.807, 2.05) is 30.3 Å². The van der Waals surface area contributed by atoms with Gasteiger partial charge in [0.15, 0.2) is 0 Å². The Labute approximate surface area is 150 Å². The Morgan fingerprint density at radius 2 is 2.08 bits per heavy atom. The van der Waals surface area contributed by atoms with E-state index in [1.165, 1.54) is 0 Å². The Morgan fingerprint density at radius 1 is 1.23 bits per heavy atom. The van der Waals surface area contributed by atoms with Crippen molar-refractivity contribution >= 4 is 11.9 Å². The molecule has 0 saturated carbocycles. The van der Waals surface area contributed by atoms with Crippen molar-refractivity contribution < 1.29 is 9.53 Å². The van der Waals surface area contributed by atoms with Crippen LogP contribution in [-0.2, 0) is 17.8 Å². The van der Waals surface area contributed by atoms with Gasteiger partial charge in [-0.1, -0.05) is 30.3 Å². The molecule has 4 N–H and O–H groups in total. The quantitative estimate of drug-likeness (QED) is 0.652. The molecule has 132 valence electrons. The van der Waals surface area contributed by atoms with Crippen molar-refractivity contribution in [3.63, 3.8) is 0 Å². The minimum atomic E-state index is -0.107. The SMILES string of the molecule is Nc1nccc(-c2cc3c([nH]2)C[C@H](COCc2ccccc2)NC3=O)n1. The van der Waals surface area contributed by atoms with Crippen molar-refractivity contribution in [2.24, 2.45) is 0 Å². The van der Waals surface area contributed by atoms with Crippen molar-refractivity contribution in [3.8, 4) is 11.4 Å². The van der Waals surface area contributed by atoms with Gasteiger partial charge in [-0.15, -0.1) is 0 Å². The normalized spacial score (nSPS) is 16.2. The van der Waals surface area contributed by atoms with Crippen LogP contribution in [0.15, 0.2) is 48.7 Å². The van der Waals surface area contributed by atoms with Crippen LogP contribution in [0, 0.1) is 0 Å². The number of amides is 1. The van der Waals surface area contributed by atoms with Gasteiger partial charge in [0.25, 0.3) is 5.91 Å². The topological polar surface area (TPSA) is 106 Å². The number of fused-ring (bicyclic) bond motifs is 1. The minimum absolute atomic E-state index is 0.0688. The highest BCUT2D eigenvalue weighted by Crippen LogP contribution is 2.24. The number of ether oxygens (including phenoxy) is 1. The second kappa shape index (κ2) is 6.97. The Kier molecular flexibility index (Phi) is 4.37. The number of aromatic nitrogens is 3. The third-order valence-electron chi connectivity index (χ3n) is 4.31. The van der Waals surface area contributed by atoms with Crippen LogP contribution in [0.1, 0.15) is 21.6 Å². The van der Waals surface area contributed by atoms with Crippen LogP contribution in [0.3, 0.4) is 0 Å². The van der Waals surface area contributed by atoms with E-state index in [4.69, 9.17) is 10.5 Å². The van der Waals surface area contributed by atoms with Crippen molar-refractivity contribution in [2.75, 3.05) is 12.3 Å². The first-order valence-electron chi connectivity index (χ1n) is 8.42. The van der Waals surface area contributed by atoms with E-state index in [0.29, 0.717) is 30.9 Å². The van der Waals surface area contributed by atoms with Crippen LogP contribution in [0.2, 0.25) is 0 Å². The molecule has 1 atom stereocenters. The summed E-state index contributed by atoms with van der Waals surface area (Å²) in [7, 11) is 0. The molecule has 0 aliphatic carbocycles. The largest absolute Gasteiger partial charge is 0.375 e. The number of H-pyrrole nitrogens is 1. The van der Waals surface area contributed by atoms with Gasteiger partial charge < -0.3 is 20.8 Å². The summed E-state index contributed by atoms with van der Waals surface area (Å²) < 4.78 is 5.76. The van der Waals surface area contributed by atoms with Gasteiger partial charge in [-0.05, 0) is 17.7 Å². The van der Waals surface area contributed by atoms with Crippen molar-refractivity contribution in [3.05, 3.63) is 65.5 Å². The summed E-state index contributed by atoms with van der Waals surface area (Å²) in [5.74, 6) is 0.0933. The molecule has 0 radical (unpaired) electrons. The number of rotatable bonds is 5. The third-order valence-corrected chi connectivity index (χ3v) is 4.31. The smallest absolute Gasteiger partial charge is 0.253 e. The van der Waals surface area contributed by atoms with Gasteiger partial charge in [0.2, 0.25) is 5.95 Å². The molecule has 0 spiro atoms. The molecule has 1 amide bonds. The highest BCUT2D eigenvalue weighted by atomic mass is 16.5. The molecule has 4 rings (SSSR count). The monoisotopic (exact) mass is 349 g/mol. The number of nitrogens with two attached hydrogens (primary N) is 1. The Morgan fingerprint density at radius 3 is 2.88 bits per heavy atom. The molecule has 0 unspecified atom stereocenters. The number of hydrogen-bond donors (Lipinski definition) is 3. The fourth-order valence-electron chi connectivity index (χ4n) is 3.08. The van der Waals surface area contributed by atoms with Crippen molar-refractivity contribution in [1.82, 2.24) is 20.3 Å². The third kappa shape index (κ3) is 3.43. The molecule has 7 heteroatoms. The number of aromatic amines is 1. The first kappa shape index (κ1) is 16.3. The van der Waals surface area contributed by atoms with Crippen molar-refractivity contribution in [1.29, 1.82) is 0 Å². The molecule has 3 aromatic rings. The van der Waals surface area contributed by atoms with E-state index < -0.39 is 0 Å². The van der Waals surface area contributed by atoms with E-state index in [2.05, 4.69) is 20.3 Å². The molecule has 1 aliphatic rings. The second-order valence-electron chi connectivity index (χ2n) is 6.25. The maximum atomic E-state index is 12.4. The van der Waals surface area contributed by atoms with Gasteiger partial charge in [0.05, 0.1) is 36.2 Å². The molecular weight excluding hydrogens is 330 g/mol. The Balaban J connectivity index is 1.44. The molecule has 3 heterocycles. The van der Waals surface area contributed by atoms with Gasteiger partial charge in [0.1, 0.15) is 0 Å². The predicted octanol–water partition coefficient (Wildman–Crippen LogP) is 1.93. The summed E-state index contributed by atoms with van der Waals surface area (Å²) in [4.78, 5) is 23.8. The number of anilines is 1. The lowest BCUT2D eigenvalue weighted by Crippen LogP contribution is -2.43. The summed E-state index contributed by atoms with van der Waals surface area (Å²) in [5, 5.41) is 2.99. The van der Waals surface area contributed by atoms with E-state index in [-0.39, 0.29) is 17.9 Å². The second-order valence-corrected chi connectivity index (χ2v) is 6.25. The average Bonchev–Trinajstić information content (AvgIpc) is 3.08. The zero-order valence-electron chi connectivity index (χ0n) is 14.1. The Hall–Kier alpha value is -3.19. The number of nitrogen functional groups attached to an aromatic ring is 1. The van der Waals surface area contributed by atoms with Crippen LogP contribution in [-0.4, -0.2) is 33.5 Å². The highest BCUT2D eigenvalue weighted by Gasteiger charge is 2.27. The fraction of sp³-hybridized carbons (Fsp3) is 0.211. The maximum absolute atomic E-state index is 12.4. The molecular formula is C19H19N5O2. The van der Waals surface area contributed by atoms with Crippen LogP contribution >= 0.6 is 0 Å². The maximum Gasteiger partial charge on any atom is 0.253 e. The van der Waals surface area contributed by atoms with Gasteiger partial charge in [0, 0.05) is 18.3 Å². The zero-order valence-corrected chi connectivity index (χ0v) is 14.1. The van der Waals surface area contributed by atoms with Crippen molar-refractivity contribution in [2.45, 2.75) is 19.1 Å². The van der Waals surface area contributed by atoms with Gasteiger partial charge in [-0.3, -0.25) is 4.79 Å². The molecule has 1 aliphatic heterocycles. The lowest BCUT2D eigenvalue weighted by Gasteiger charge is -2.23. The molecule has 2 aromatic heterocycles. The lowest BCUT2D eigenvalue weighted by atomic mass is 10.0. The average molecular weight is 349 g/mol. The molecule has 0 bridgehead atoms. The summed E-state index contributed by atoms with van der Waals surface area (Å²) in [6.45, 7) is 0.977. The van der Waals surface area contributed by atoms with E-state index in [0.717, 1.165) is 17.0 Å². The fourth-order valence-corrected chi connectivity index (χ4v) is 3.08. The lowest BCUT2D eigenvalue weighted by molar-refractivity contribution is 0.0772. The summed E-state index contributed by atoms with van der Waals surface area (Å²) >= 11 is 0. The molecule has 7 nitrogen and oxygen atoms in total. The number of carbonyl (C=O) groups excluding carboxylic acids is 1. The van der Waals surface area contributed by atoms with Gasteiger partial charge >= 0.3 is 0 Å². The van der Waals surface area contributed by atoms with E-state index in [1.54, 1.807) is 18.3 Å². The number of carbonyl (C=O) groups is 1. The number of benzene rings is 1. The zero-order chi connectivity index (χ0) is 17.9. The molecule has 26 heavy (non-hydrogen) atoms. The minimum Gasteiger partial charge on any atom is -0.375 e. The molecule has 0 saturated heterocycles. The van der Waals surface area contributed by atoms with Crippen LogP contribution in [0.4, 0.5) is 5.95 Å². The van der Waals surface area contributed by atoms with Gasteiger partial charge in [-0.25, -0.2) is 9.97 Å². The standard InChI is InChI=1S/C19H19N5O2/c20-19-21-7-6-15(24-19)17-9-14-16(23-17)8-13(22-18(14)25)11-26-10-12-4-2-1-3-5-12/h1-7,9,13,23H,8,10-11H2,(H,22,25)(H2,20,21,24)/t13-/m1/s1. The number of nitrogens with one attached hydrogen (secondary N) is 2. The first-order valence-corrected chi connectivity index (χ1v) is 8.42. The highest BCUT2D eigenvalue weighted by molar-refractivity contribution is 5.98. The van der Waals surface area contributed by atoms with E-state index in [9.17, 15) is 4.79 Å². The molecule has 0 fully saturated rings. The van der Waals surface area contributed by atoms with Crippen LogP contribution < -0.4 is 11.1 Å². The first-order chi connectivity index (χ1) is 12.7.